The Bertz CT molecular complexity index is 605. The van der Waals surface area contributed by atoms with Crippen LogP contribution in [0.2, 0.25) is 0 Å². The van der Waals surface area contributed by atoms with Gasteiger partial charge in [0.15, 0.2) is 5.78 Å². The van der Waals surface area contributed by atoms with Crippen LogP contribution in [-0.4, -0.2) is 5.78 Å². The fourth-order valence-corrected chi connectivity index (χ4v) is 1.99. The van der Waals surface area contributed by atoms with E-state index in [0.717, 1.165) is 23.3 Å². The zero-order chi connectivity index (χ0) is 13.8. The van der Waals surface area contributed by atoms with Crippen LogP contribution in [0.5, 0.6) is 0 Å². The lowest BCUT2D eigenvalue weighted by Crippen LogP contribution is -2.05. The molecule has 0 bridgehead atoms. The molecule has 0 saturated heterocycles. The Hall–Kier alpha value is -2.03. The number of halogens is 2. The van der Waals surface area contributed by atoms with Gasteiger partial charge in [0, 0.05) is 12.5 Å². The van der Waals surface area contributed by atoms with Crippen molar-refractivity contribution in [3.8, 4) is 0 Å². The summed E-state index contributed by atoms with van der Waals surface area (Å²) >= 11 is 0. The lowest BCUT2D eigenvalue weighted by Gasteiger charge is -2.05. The number of carbonyl (C=O) groups is 1. The van der Waals surface area contributed by atoms with E-state index in [-0.39, 0.29) is 17.8 Å². The molecule has 0 aliphatic heterocycles. The van der Waals surface area contributed by atoms with Crippen molar-refractivity contribution in [2.45, 2.75) is 19.8 Å². The number of hydrogen-bond acceptors (Lipinski definition) is 1. The fraction of sp³-hybridized carbons (Fsp3) is 0.188. The molecule has 0 unspecified atom stereocenters. The van der Waals surface area contributed by atoms with E-state index in [0.29, 0.717) is 6.42 Å². The summed E-state index contributed by atoms with van der Waals surface area (Å²) < 4.78 is 26.2. The van der Waals surface area contributed by atoms with Crippen molar-refractivity contribution in [2.75, 3.05) is 0 Å². The van der Waals surface area contributed by atoms with Gasteiger partial charge < -0.3 is 0 Å². The van der Waals surface area contributed by atoms with Gasteiger partial charge in [-0.25, -0.2) is 8.78 Å². The molecule has 2 aromatic carbocycles. The highest BCUT2D eigenvalue weighted by Gasteiger charge is 2.12. The molecule has 0 fully saturated rings. The molecular weight excluding hydrogens is 246 g/mol. The standard InChI is InChI=1S/C16H14F2O/c1-11-4-2-3-5-12(11)6-9-16(19)14-8-7-13(17)10-15(14)18/h2-5,7-8,10H,6,9H2,1H3. The molecule has 0 aliphatic rings. The van der Waals surface area contributed by atoms with Crippen molar-refractivity contribution in [3.05, 3.63) is 70.8 Å². The van der Waals surface area contributed by atoms with Gasteiger partial charge in [0.25, 0.3) is 0 Å². The molecule has 0 aromatic heterocycles. The van der Waals surface area contributed by atoms with Crippen LogP contribution in [0.25, 0.3) is 0 Å². The summed E-state index contributed by atoms with van der Waals surface area (Å²) in [4.78, 5) is 11.9. The van der Waals surface area contributed by atoms with E-state index < -0.39 is 11.6 Å². The van der Waals surface area contributed by atoms with Crippen molar-refractivity contribution in [2.24, 2.45) is 0 Å². The molecule has 2 rings (SSSR count). The molecule has 98 valence electrons. The van der Waals surface area contributed by atoms with Crippen LogP contribution in [0.15, 0.2) is 42.5 Å². The Balaban J connectivity index is 2.08. The minimum Gasteiger partial charge on any atom is -0.294 e. The predicted octanol–water partition coefficient (Wildman–Crippen LogP) is 4.09. The number of benzene rings is 2. The van der Waals surface area contributed by atoms with Gasteiger partial charge in [-0.05, 0) is 36.6 Å². The van der Waals surface area contributed by atoms with E-state index in [1.165, 1.54) is 6.07 Å². The molecule has 0 atom stereocenters. The van der Waals surface area contributed by atoms with E-state index in [1.54, 1.807) is 0 Å². The highest BCUT2D eigenvalue weighted by Crippen LogP contribution is 2.15. The molecule has 0 spiro atoms. The van der Waals surface area contributed by atoms with Gasteiger partial charge in [0.1, 0.15) is 11.6 Å². The van der Waals surface area contributed by atoms with Gasteiger partial charge >= 0.3 is 0 Å². The Labute approximate surface area is 110 Å². The molecule has 19 heavy (non-hydrogen) atoms. The van der Waals surface area contributed by atoms with Crippen molar-refractivity contribution >= 4 is 5.78 Å². The van der Waals surface area contributed by atoms with Gasteiger partial charge in [0.05, 0.1) is 5.56 Å². The topological polar surface area (TPSA) is 17.1 Å². The van der Waals surface area contributed by atoms with E-state index in [4.69, 9.17) is 0 Å². The largest absolute Gasteiger partial charge is 0.294 e. The molecule has 0 saturated carbocycles. The van der Waals surface area contributed by atoms with Crippen molar-refractivity contribution < 1.29 is 13.6 Å². The van der Waals surface area contributed by atoms with E-state index >= 15 is 0 Å². The predicted molar refractivity (Wildman–Crippen MR) is 70.2 cm³/mol. The molecule has 2 aromatic rings. The summed E-state index contributed by atoms with van der Waals surface area (Å²) in [6.07, 6.45) is 0.774. The summed E-state index contributed by atoms with van der Waals surface area (Å²) in [5.74, 6) is -1.77. The zero-order valence-corrected chi connectivity index (χ0v) is 10.6. The number of rotatable bonds is 4. The fourth-order valence-electron chi connectivity index (χ4n) is 1.99. The highest BCUT2D eigenvalue weighted by atomic mass is 19.1. The van der Waals surface area contributed by atoms with Crippen LogP contribution in [0.4, 0.5) is 8.78 Å². The van der Waals surface area contributed by atoms with Crippen LogP contribution in [0, 0.1) is 18.6 Å². The summed E-state index contributed by atoms with van der Waals surface area (Å²) in [6.45, 7) is 1.97. The first-order chi connectivity index (χ1) is 9.08. The molecule has 0 radical (unpaired) electrons. The van der Waals surface area contributed by atoms with E-state index in [1.807, 2.05) is 31.2 Å². The first kappa shape index (κ1) is 13.4. The summed E-state index contributed by atoms with van der Waals surface area (Å²) in [5.41, 5.74) is 2.13. The van der Waals surface area contributed by atoms with Crippen molar-refractivity contribution in [3.63, 3.8) is 0 Å². The number of Topliss-reactive ketones (excluding diaryl/α,β-unsaturated/α-hetero) is 1. The average Bonchev–Trinajstić information content (AvgIpc) is 2.37. The van der Waals surface area contributed by atoms with Crippen LogP contribution < -0.4 is 0 Å². The van der Waals surface area contributed by atoms with Crippen LogP contribution >= 0.6 is 0 Å². The van der Waals surface area contributed by atoms with Crippen molar-refractivity contribution in [1.29, 1.82) is 0 Å². The van der Waals surface area contributed by atoms with Gasteiger partial charge in [-0.3, -0.25) is 4.79 Å². The Morgan fingerprint density at radius 2 is 1.84 bits per heavy atom. The summed E-state index contributed by atoms with van der Waals surface area (Å²) in [5, 5.41) is 0. The maximum absolute atomic E-state index is 13.4. The summed E-state index contributed by atoms with van der Waals surface area (Å²) in [7, 11) is 0. The average molecular weight is 260 g/mol. The first-order valence-corrected chi connectivity index (χ1v) is 6.10. The second-order valence-corrected chi connectivity index (χ2v) is 4.47. The maximum atomic E-state index is 13.4. The normalized spacial score (nSPS) is 10.5. The minimum absolute atomic E-state index is 0.0463. The van der Waals surface area contributed by atoms with Gasteiger partial charge in [-0.15, -0.1) is 0 Å². The maximum Gasteiger partial charge on any atom is 0.166 e. The number of aryl methyl sites for hydroxylation is 2. The van der Waals surface area contributed by atoms with Crippen molar-refractivity contribution in [1.82, 2.24) is 0 Å². The number of carbonyl (C=O) groups excluding carboxylic acids is 1. The van der Waals surface area contributed by atoms with Crippen LogP contribution in [0.3, 0.4) is 0 Å². The monoisotopic (exact) mass is 260 g/mol. The summed E-state index contributed by atoms with van der Waals surface area (Å²) in [6, 6.07) is 10.8. The first-order valence-electron chi connectivity index (χ1n) is 6.10. The quantitative estimate of drug-likeness (QED) is 0.757. The molecule has 0 N–H and O–H groups in total. The second-order valence-electron chi connectivity index (χ2n) is 4.47. The Morgan fingerprint density at radius 3 is 2.53 bits per heavy atom. The third kappa shape index (κ3) is 3.25. The number of ketones is 1. The second kappa shape index (κ2) is 5.74. The van der Waals surface area contributed by atoms with Gasteiger partial charge in [-0.1, -0.05) is 24.3 Å². The zero-order valence-electron chi connectivity index (χ0n) is 10.6. The highest BCUT2D eigenvalue weighted by molar-refractivity contribution is 5.96. The minimum atomic E-state index is -0.796. The third-order valence-electron chi connectivity index (χ3n) is 3.11. The van der Waals surface area contributed by atoms with Crippen LogP contribution in [0.1, 0.15) is 27.9 Å². The molecule has 3 heteroatoms. The lowest BCUT2D eigenvalue weighted by atomic mass is 9.99. The molecule has 0 heterocycles. The molecule has 0 amide bonds. The Kier molecular flexibility index (Phi) is 4.05. The lowest BCUT2D eigenvalue weighted by molar-refractivity contribution is 0.0979. The van der Waals surface area contributed by atoms with Gasteiger partial charge in [0.2, 0.25) is 0 Å². The third-order valence-corrected chi connectivity index (χ3v) is 3.11. The molecule has 0 aliphatic carbocycles. The van der Waals surface area contributed by atoms with Gasteiger partial charge in [-0.2, -0.15) is 0 Å². The SMILES string of the molecule is Cc1ccccc1CCC(=O)c1ccc(F)cc1F. The molecule has 1 nitrogen and oxygen atoms in total. The van der Waals surface area contributed by atoms with Crippen LogP contribution in [-0.2, 0) is 6.42 Å². The van der Waals surface area contributed by atoms with E-state index in [9.17, 15) is 13.6 Å². The molecular formula is C16H14F2O. The smallest absolute Gasteiger partial charge is 0.166 e. The van der Waals surface area contributed by atoms with E-state index in [2.05, 4.69) is 0 Å². The number of hydrogen-bond donors (Lipinski definition) is 0. The Morgan fingerprint density at radius 1 is 1.11 bits per heavy atom.